The number of hydrogen-bond donors (Lipinski definition) is 2. The van der Waals surface area contributed by atoms with Gasteiger partial charge in [-0.25, -0.2) is 9.78 Å². The number of alkyl carbamates (subject to hydrolysis) is 1. The van der Waals surface area contributed by atoms with Gasteiger partial charge in [0, 0.05) is 25.2 Å². The second kappa shape index (κ2) is 8.03. The van der Waals surface area contributed by atoms with Crippen molar-refractivity contribution >= 4 is 40.9 Å². The van der Waals surface area contributed by atoms with Crippen LogP contribution in [0.25, 0.3) is 0 Å². The lowest BCUT2D eigenvalue weighted by Crippen LogP contribution is -2.36. The van der Waals surface area contributed by atoms with Crippen LogP contribution >= 0.6 is 34.8 Å². The Kier molecular flexibility index (Phi) is 7.00. The van der Waals surface area contributed by atoms with E-state index >= 15 is 0 Å². The number of aromatic nitrogens is 1. The van der Waals surface area contributed by atoms with Crippen molar-refractivity contribution in [3.05, 3.63) is 27.0 Å². The number of rotatable bonds is 5. The Labute approximate surface area is 139 Å². The van der Waals surface area contributed by atoms with Crippen LogP contribution in [0.1, 0.15) is 26.3 Å². The zero-order valence-corrected chi connectivity index (χ0v) is 14.4. The summed E-state index contributed by atoms with van der Waals surface area (Å²) in [5, 5.41) is 6.70. The van der Waals surface area contributed by atoms with E-state index in [9.17, 15) is 4.79 Å². The minimum absolute atomic E-state index is 0.250. The third kappa shape index (κ3) is 7.18. The van der Waals surface area contributed by atoms with E-state index in [0.717, 1.165) is 0 Å². The van der Waals surface area contributed by atoms with Crippen LogP contribution in [-0.4, -0.2) is 29.8 Å². The topological polar surface area (TPSA) is 63.2 Å². The number of amides is 1. The summed E-state index contributed by atoms with van der Waals surface area (Å²) >= 11 is 17.7. The van der Waals surface area contributed by atoms with E-state index in [2.05, 4.69) is 15.6 Å². The summed E-state index contributed by atoms with van der Waals surface area (Å²) in [6.07, 6.45) is -0.450. The van der Waals surface area contributed by atoms with Crippen LogP contribution in [0.4, 0.5) is 4.79 Å². The molecule has 0 fully saturated rings. The van der Waals surface area contributed by atoms with Gasteiger partial charge in [0.2, 0.25) is 0 Å². The van der Waals surface area contributed by atoms with Crippen LogP contribution < -0.4 is 10.6 Å². The summed E-state index contributed by atoms with van der Waals surface area (Å²) in [5.41, 5.74) is 0.160. The van der Waals surface area contributed by atoms with E-state index in [4.69, 9.17) is 39.5 Å². The SMILES string of the molecule is CC(C)(C)OC(=O)NCCNCc1c(Cl)cc(Cl)nc1Cl. The molecule has 0 saturated heterocycles. The summed E-state index contributed by atoms with van der Waals surface area (Å²) in [7, 11) is 0. The molecule has 21 heavy (non-hydrogen) atoms. The standard InChI is InChI=1S/C13H18Cl3N3O2/c1-13(2,3)21-12(20)18-5-4-17-7-8-9(14)6-10(15)19-11(8)16/h6,17H,4-5,7H2,1-3H3,(H,18,20). The average Bonchev–Trinajstić information content (AvgIpc) is 2.29. The van der Waals surface area contributed by atoms with Crippen molar-refractivity contribution in [1.82, 2.24) is 15.6 Å². The lowest BCUT2D eigenvalue weighted by molar-refractivity contribution is 0.0528. The minimum atomic E-state index is -0.506. The number of nitrogens with one attached hydrogen (secondary N) is 2. The van der Waals surface area contributed by atoms with Gasteiger partial charge in [-0.15, -0.1) is 0 Å². The van der Waals surface area contributed by atoms with Gasteiger partial charge in [0.15, 0.2) is 0 Å². The molecule has 0 spiro atoms. The Balaban J connectivity index is 2.31. The zero-order chi connectivity index (χ0) is 16.0. The third-order valence-electron chi connectivity index (χ3n) is 2.26. The molecule has 0 atom stereocenters. The largest absolute Gasteiger partial charge is 0.444 e. The molecule has 0 aliphatic carbocycles. The zero-order valence-electron chi connectivity index (χ0n) is 12.1. The van der Waals surface area contributed by atoms with Gasteiger partial charge in [-0.3, -0.25) is 0 Å². The fourth-order valence-corrected chi connectivity index (χ4v) is 2.28. The average molecular weight is 355 g/mol. The Hall–Kier alpha value is -0.750. The number of carbonyl (C=O) groups is 1. The number of ether oxygens (including phenoxy) is 1. The molecule has 8 heteroatoms. The molecule has 0 aromatic carbocycles. The second-order valence-corrected chi connectivity index (χ2v) is 6.45. The normalized spacial score (nSPS) is 11.3. The maximum atomic E-state index is 11.4. The first-order chi connectivity index (χ1) is 9.69. The third-order valence-corrected chi connectivity index (χ3v) is 3.10. The Bertz CT molecular complexity index is 481. The van der Waals surface area contributed by atoms with E-state index in [-0.39, 0.29) is 10.3 Å². The predicted molar refractivity (Wildman–Crippen MR) is 85.2 cm³/mol. The minimum Gasteiger partial charge on any atom is -0.444 e. The van der Waals surface area contributed by atoms with Crippen LogP contribution in [0.15, 0.2) is 6.07 Å². The highest BCUT2D eigenvalue weighted by molar-refractivity contribution is 6.37. The van der Waals surface area contributed by atoms with E-state index in [0.29, 0.717) is 30.2 Å². The van der Waals surface area contributed by atoms with E-state index < -0.39 is 11.7 Å². The monoisotopic (exact) mass is 353 g/mol. The second-order valence-electron chi connectivity index (χ2n) is 5.30. The molecule has 0 unspecified atom stereocenters. The number of halogens is 3. The van der Waals surface area contributed by atoms with Crippen LogP contribution in [-0.2, 0) is 11.3 Å². The molecule has 5 nitrogen and oxygen atoms in total. The van der Waals surface area contributed by atoms with Crippen molar-refractivity contribution in [3.63, 3.8) is 0 Å². The van der Waals surface area contributed by atoms with Crippen molar-refractivity contribution in [3.8, 4) is 0 Å². The van der Waals surface area contributed by atoms with Gasteiger partial charge < -0.3 is 15.4 Å². The van der Waals surface area contributed by atoms with Crippen molar-refractivity contribution in [2.45, 2.75) is 32.9 Å². The molecule has 1 aromatic rings. The van der Waals surface area contributed by atoms with Crippen molar-refractivity contribution < 1.29 is 9.53 Å². The summed E-state index contributed by atoms with van der Waals surface area (Å²) in [4.78, 5) is 15.3. The molecule has 0 aliphatic rings. The van der Waals surface area contributed by atoms with E-state index in [1.165, 1.54) is 6.07 Å². The van der Waals surface area contributed by atoms with Crippen LogP contribution in [0.3, 0.4) is 0 Å². The highest BCUT2D eigenvalue weighted by Gasteiger charge is 2.15. The van der Waals surface area contributed by atoms with Crippen LogP contribution in [0.2, 0.25) is 15.3 Å². The van der Waals surface area contributed by atoms with E-state index in [1.807, 2.05) is 20.8 Å². The number of nitrogens with zero attached hydrogens (tertiary/aromatic N) is 1. The maximum absolute atomic E-state index is 11.4. The summed E-state index contributed by atoms with van der Waals surface area (Å²) in [6.45, 7) is 6.81. The van der Waals surface area contributed by atoms with E-state index in [1.54, 1.807) is 0 Å². The summed E-state index contributed by atoms with van der Waals surface area (Å²) in [6, 6.07) is 1.53. The molecule has 0 aliphatic heterocycles. The first-order valence-corrected chi connectivity index (χ1v) is 7.50. The van der Waals surface area contributed by atoms with Crippen molar-refractivity contribution in [2.75, 3.05) is 13.1 Å². The Morgan fingerprint density at radius 3 is 2.52 bits per heavy atom. The maximum Gasteiger partial charge on any atom is 0.407 e. The first-order valence-electron chi connectivity index (χ1n) is 6.37. The van der Waals surface area contributed by atoms with Gasteiger partial charge in [-0.2, -0.15) is 0 Å². The molecular weight excluding hydrogens is 337 g/mol. The van der Waals surface area contributed by atoms with Gasteiger partial charge in [-0.1, -0.05) is 34.8 Å². The lowest BCUT2D eigenvalue weighted by Gasteiger charge is -2.19. The fraction of sp³-hybridized carbons (Fsp3) is 0.538. The van der Waals surface area contributed by atoms with Crippen molar-refractivity contribution in [2.24, 2.45) is 0 Å². The first kappa shape index (κ1) is 18.3. The smallest absolute Gasteiger partial charge is 0.407 e. The van der Waals surface area contributed by atoms with Gasteiger partial charge in [0.25, 0.3) is 0 Å². The Morgan fingerprint density at radius 2 is 1.95 bits per heavy atom. The molecule has 0 radical (unpaired) electrons. The number of hydrogen-bond acceptors (Lipinski definition) is 4. The highest BCUT2D eigenvalue weighted by Crippen LogP contribution is 2.25. The molecule has 118 valence electrons. The lowest BCUT2D eigenvalue weighted by atomic mass is 10.2. The molecule has 1 aromatic heterocycles. The van der Waals surface area contributed by atoms with Crippen molar-refractivity contribution in [1.29, 1.82) is 0 Å². The highest BCUT2D eigenvalue weighted by atomic mass is 35.5. The van der Waals surface area contributed by atoms with Gasteiger partial charge in [-0.05, 0) is 26.8 Å². The van der Waals surface area contributed by atoms with Gasteiger partial charge in [0.1, 0.15) is 15.9 Å². The van der Waals surface area contributed by atoms with Crippen LogP contribution in [0, 0.1) is 0 Å². The number of pyridine rings is 1. The molecular formula is C13H18Cl3N3O2. The van der Waals surface area contributed by atoms with Crippen LogP contribution in [0.5, 0.6) is 0 Å². The molecule has 1 heterocycles. The fourth-order valence-electron chi connectivity index (χ4n) is 1.42. The molecule has 1 amide bonds. The molecule has 0 saturated carbocycles. The number of carbonyl (C=O) groups excluding carboxylic acids is 1. The molecule has 0 bridgehead atoms. The molecule has 2 N–H and O–H groups in total. The summed E-state index contributed by atoms with van der Waals surface area (Å²) in [5.74, 6) is 0. The Morgan fingerprint density at radius 1 is 1.29 bits per heavy atom. The summed E-state index contributed by atoms with van der Waals surface area (Å²) < 4.78 is 5.11. The predicted octanol–water partition coefficient (Wildman–Crippen LogP) is 3.66. The van der Waals surface area contributed by atoms with Gasteiger partial charge in [0.05, 0.1) is 5.02 Å². The quantitative estimate of drug-likeness (QED) is 0.626. The van der Waals surface area contributed by atoms with Gasteiger partial charge >= 0.3 is 6.09 Å². The molecule has 1 rings (SSSR count).